The van der Waals surface area contributed by atoms with Crippen LogP contribution >= 0.6 is 0 Å². The van der Waals surface area contributed by atoms with Gasteiger partial charge < -0.3 is 19.5 Å². The normalized spacial score (nSPS) is 22.6. The van der Waals surface area contributed by atoms with Crippen LogP contribution in [0.4, 0.5) is 0 Å². The zero-order valence-electron chi connectivity index (χ0n) is 12.2. The first kappa shape index (κ1) is 15.4. The highest BCUT2D eigenvalue weighted by Crippen LogP contribution is 2.27. The monoisotopic (exact) mass is 278 g/mol. The Morgan fingerprint density at radius 2 is 2.10 bits per heavy atom. The van der Waals surface area contributed by atoms with Crippen molar-refractivity contribution in [3.8, 4) is 5.75 Å². The third-order valence-electron chi connectivity index (χ3n) is 3.97. The third kappa shape index (κ3) is 3.98. The molecule has 1 fully saturated rings. The molecule has 20 heavy (non-hydrogen) atoms. The number of hydrogen-bond acceptors (Lipinski definition) is 4. The molecule has 0 saturated heterocycles. The molecular formula is C15H23BO4. The van der Waals surface area contributed by atoms with Gasteiger partial charge in [0.25, 0.3) is 0 Å². The van der Waals surface area contributed by atoms with Crippen LogP contribution in [-0.4, -0.2) is 30.4 Å². The largest absolute Gasteiger partial charge is 0.496 e. The molecule has 1 aliphatic carbocycles. The standard InChI is InChI=1S/C15H23BO4/c1-11-4-3-5-14(8-11)20-10-12-9-13(16(17)18)6-7-15(12)19-2/h6-7,9,11,14,17-18H,3-5,8,10H2,1-2H3. The van der Waals surface area contributed by atoms with Crippen LogP contribution in [0.5, 0.6) is 5.75 Å². The predicted molar refractivity (Wildman–Crippen MR) is 79.0 cm³/mol. The lowest BCUT2D eigenvalue weighted by atomic mass is 9.79. The van der Waals surface area contributed by atoms with Gasteiger partial charge in [0.05, 0.1) is 19.8 Å². The van der Waals surface area contributed by atoms with E-state index < -0.39 is 7.12 Å². The molecular weight excluding hydrogens is 255 g/mol. The Kier molecular flexibility index (Phi) is 5.46. The van der Waals surface area contributed by atoms with E-state index in [0.717, 1.165) is 30.1 Å². The van der Waals surface area contributed by atoms with Crippen molar-refractivity contribution in [3.05, 3.63) is 23.8 Å². The van der Waals surface area contributed by atoms with Gasteiger partial charge in [0, 0.05) is 5.56 Å². The van der Waals surface area contributed by atoms with Gasteiger partial charge in [0.2, 0.25) is 0 Å². The van der Waals surface area contributed by atoms with Gasteiger partial charge in [0.1, 0.15) is 5.75 Å². The zero-order chi connectivity index (χ0) is 14.5. The first-order valence-electron chi connectivity index (χ1n) is 7.24. The Bertz CT molecular complexity index is 436. The molecule has 1 saturated carbocycles. The summed E-state index contributed by atoms with van der Waals surface area (Å²) in [4.78, 5) is 0. The minimum Gasteiger partial charge on any atom is -0.496 e. The molecule has 0 bridgehead atoms. The molecule has 1 aromatic rings. The molecule has 0 heterocycles. The lowest BCUT2D eigenvalue weighted by Gasteiger charge is -2.27. The predicted octanol–water partition coefficient (Wildman–Crippen LogP) is 1.47. The summed E-state index contributed by atoms with van der Waals surface area (Å²) in [6.07, 6.45) is 5.01. The molecule has 2 unspecified atom stereocenters. The summed E-state index contributed by atoms with van der Waals surface area (Å²) in [5.41, 5.74) is 1.32. The van der Waals surface area contributed by atoms with Gasteiger partial charge in [-0.2, -0.15) is 0 Å². The summed E-state index contributed by atoms with van der Waals surface area (Å²) in [5.74, 6) is 1.44. The second-order valence-electron chi connectivity index (χ2n) is 5.65. The van der Waals surface area contributed by atoms with Gasteiger partial charge >= 0.3 is 7.12 Å². The van der Waals surface area contributed by atoms with Crippen molar-refractivity contribution in [1.82, 2.24) is 0 Å². The van der Waals surface area contributed by atoms with Crippen molar-refractivity contribution in [2.24, 2.45) is 5.92 Å². The Morgan fingerprint density at radius 3 is 2.75 bits per heavy atom. The van der Waals surface area contributed by atoms with E-state index in [1.54, 1.807) is 25.3 Å². The molecule has 0 amide bonds. The number of rotatable bonds is 5. The quantitative estimate of drug-likeness (QED) is 0.801. The van der Waals surface area contributed by atoms with Gasteiger partial charge in [0.15, 0.2) is 0 Å². The molecule has 5 heteroatoms. The Morgan fingerprint density at radius 1 is 1.30 bits per heavy atom. The van der Waals surface area contributed by atoms with E-state index >= 15 is 0 Å². The van der Waals surface area contributed by atoms with Crippen LogP contribution in [0.3, 0.4) is 0 Å². The SMILES string of the molecule is COc1ccc(B(O)O)cc1COC1CCCC(C)C1. The second kappa shape index (κ2) is 7.11. The average molecular weight is 278 g/mol. The van der Waals surface area contributed by atoms with Crippen LogP contribution in [0.25, 0.3) is 0 Å². The number of methoxy groups -OCH3 is 1. The lowest BCUT2D eigenvalue weighted by Crippen LogP contribution is -2.30. The molecule has 1 aromatic carbocycles. The number of ether oxygens (including phenoxy) is 2. The van der Waals surface area contributed by atoms with E-state index in [9.17, 15) is 10.0 Å². The lowest BCUT2D eigenvalue weighted by molar-refractivity contribution is 0.00397. The van der Waals surface area contributed by atoms with Crippen molar-refractivity contribution in [1.29, 1.82) is 0 Å². The van der Waals surface area contributed by atoms with Crippen LogP contribution < -0.4 is 10.2 Å². The Labute approximate surface area is 120 Å². The Hall–Kier alpha value is -1.04. The van der Waals surface area contributed by atoms with Crippen LogP contribution in [0.1, 0.15) is 38.2 Å². The topological polar surface area (TPSA) is 58.9 Å². The summed E-state index contributed by atoms with van der Waals surface area (Å²) < 4.78 is 11.3. The molecule has 2 rings (SSSR count). The van der Waals surface area contributed by atoms with Crippen molar-refractivity contribution in [3.63, 3.8) is 0 Å². The summed E-state index contributed by atoms with van der Waals surface area (Å²) >= 11 is 0. The molecule has 2 N–H and O–H groups in total. The van der Waals surface area contributed by atoms with E-state index in [-0.39, 0.29) is 0 Å². The highest BCUT2D eigenvalue weighted by atomic mass is 16.5. The van der Waals surface area contributed by atoms with E-state index in [0.29, 0.717) is 18.2 Å². The first-order chi connectivity index (χ1) is 9.60. The molecule has 1 aliphatic rings. The minimum atomic E-state index is -1.46. The average Bonchev–Trinajstić information content (AvgIpc) is 2.44. The fraction of sp³-hybridized carbons (Fsp3) is 0.600. The first-order valence-corrected chi connectivity index (χ1v) is 7.24. The molecule has 0 radical (unpaired) electrons. The van der Waals surface area contributed by atoms with Crippen molar-refractivity contribution in [2.75, 3.05) is 7.11 Å². The summed E-state index contributed by atoms with van der Waals surface area (Å²) in [6, 6.07) is 5.13. The molecule has 0 aliphatic heterocycles. The van der Waals surface area contributed by atoms with E-state index in [2.05, 4.69) is 6.92 Å². The number of benzene rings is 1. The molecule has 2 atom stereocenters. The smallest absolute Gasteiger partial charge is 0.488 e. The maximum absolute atomic E-state index is 9.24. The Balaban J connectivity index is 2.01. The van der Waals surface area contributed by atoms with Crippen molar-refractivity contribution in [2.45, 2.75) is 45.3 Å². The van der Waals surface area contributed by atoms with E-state index in [1.807, 2.05) is 0 Å². The van der Waals surface area contributed by atoms with E-state index in [1.165, 1.54) is 12.8 Å². The van der Waals surface area contributed by atoms with Gasteiger partial charge in [-0.05, 0) is 30.3 Å². The van der Waals surface area contributed by atoms with Crippen LogP contribution in [0, 0.1) is 5.92 Å². The van der Waals surface area contributed by atoms with E-state index in [4.69, 9.17) is 9.47 Å². The van der Waals surface area contributed by atoms with Gasteiger partial charge in [-0.3, -0.25) is 0 Å². The molecule has 4 nitrogen and oxygen atoms in total. The molecule has 0 aromatic heterocycles. The van der Waals surface area contributed by atoms with Gasteiger partial charge in [-0.15, -0.1) is 0 Å². The molecule has 110 valence electrons. The highest BCUT2D eigenvalue weighted by Gasteiger charge is 2.20. The highest BCUT2D eigenvalue weighted by molar-refractivity contribution is 6.58. The second-order valence-corrected chi connectivity index (χ2v) is 5.65. The molecule has 0 spiro atoms. The summed E-state index contributed by atoms with van der Waals surface area (Å²) in [7, 11) is 0.144. The van der Waals surface area contributed by atoms with Crippen LogP contribution in [-0.2, 0) is 11.3 Å². The maximum atomic E-state index is 9.24. The van der Waals surface area contributed by atoms with Gasteiger partial charge in [-0.25, -0.2) is 0 Å². The summed E-state index contributed by atoms with van der Waals surface area (Å²) in [6.45, 7) is 2.71. The zero-order valence-corrected chi connectivity index (χ0v) is 12.2. The maximum Gasteiger partial charge on any atom is 0.488 e. The third-order valence-corrected chi connectivity index (χ3v) is 3.97. The fourth-order valence-corrected chi connectivity index (χ4v) is 2.81. The fourth-order valence-electron chi connectivity index (χ4n) is 2.81. The van der Waals surface area contributed by atoms with Crippen molar-refractivity contribution < 1.29 is 19.5 Å². The summed E-state index contributed by atoms with van der Waals surface area (Å²) in [5, 5.41) is 18.5. The minimum absolute atomic E-state index is 0.297. The van der Waals surface area contributed by atoms with Crippen molar-refractivity contribution >= 4 is 12.6 Å². The van der Waals surface area contributed by atoms with Gasteiger partial charge in [-0.1, -0.05) is 31.9 Å². The van der Waals surface area contributed by atoms with Crippen LogP contribution in [0.15, 0.2) is 18.2 Å². The number of hydrogen-bond donors (Lipinski definition) is 2. The van der Waals surface area contributed by atoms with Crippen LogP contribution in [0.2, 0.25) is 0 Å².